The van der Waals surface area contributed by atoms with Gasteiger partial charge in [0.15, 0.2) is 18.1 Å². The molecule has 0 aliphatic carbocycles. The maximum absolute atomic E-state index is 11.0. The first-order valence-corrected chi connectivity index (χ1v) is 11.9. The van der Waals surface area contributed by atoms with Crippen LogP contribution in [0.2, 0.25) is 0 Å². The average Bonchev–Trinajstić information content (AvgIpc) is 3.25. The molecule has 12 heteroatoms. The zero-order valence-electron chi connectivity index (χ0n) is 18.0. The van der Waals surface area contributed by atoms with E-state index in [-0.39, 0.29) is 19.0 Å². The van der Waals surface area contributed by atoms with E-state index >= 15 is 0 Å². The van der Waals surface area contributed by atoms with Crippen molar-refractivity contribution in [2.24, 2.45) is 5.73 Å². The van der Waals surface area contributed by atoms with Crippen LogP contribution in [0.4, 0.5) is 0 Å². The third kappa shape index (κ3) is 8.18. The molecule has 9 nitrogen and oxygen atoms in total. The number of para-hydroxylation sites is 1. The van der Waals surface area contributed by atoms with Gasteiger partial charge in [0, 0.05) is 12.3 Å². The Morgan fingerprint density at radius 1 is 1.24 bits per heavy atom. The lowest BCUT2D eigenvalue weighted by Gasteiger charge is -2.15. The van der Waals surface area contributed by atoms with Gasteiger partial charge in [-0.1, -0.05) is 30.0 Å². The number of tetrazole rings is 1. The molecule has 0 spiro atoms. The number of rotatable bonds is 13. The second kappa shape index (κ2) is 14.0. The van der Waals surface area contributed by atoms with E-state index in [2.05, 4.69) is 36.8 Å². The number of nitrogens with zero attached hydrogens (tertiary/aromatic N) is 4. The standard InChI is InChI=1S/C21H25BrN6O3S.ClH/c1-2-30-18-12-15(11-17(22)20(18)31-14-19(23)29)13-24-9-6-10-32-21-25-26-27-28(21)16-7-4-3-5-8-16;/h3-5,7-8,11-12,24H,2,6,9-10,13-14H2,1H3,(H2,23,29);1H/p-1. The minimum Gasteiger partial charge on any atom is -1.00 e. The maximum Gasteiger partial charge on any atom is 0.255 e. The molecule has 0 saturated carbocycles. The predicted octanol–water partition coefficient (Wildman–Crippen LogP) is -0.0364. The van der Waals surface area contributed by atoms with Crippen LogP contribution in [0.1, 0.15) is 18.9 Å². The molecule has 3 aromatic rings. The number of carbonyl (C=O) groups excluding carboxylic acids is 1. The van der Waals surface area contributed by atoms with E-state index < -0.39 is 5.91 Å². The van der Waals surface area contributed by atoms with E-state index in [4.69, 9.17) is 15.2 Å². The van der Waals surface area contributed by atoms with Crippen LogP contribution in [0.25, 0.3) is 5.69 Å². The van der Waals surface area contributed by atoms with Crippen LogP contribution in [-0.4, -0.2) is 51.6 Å². The third-order valence-corrected chi connectivity index (χ3v) is 5.82. The maximum atomic E-state index is 11.0. The second-order valence-electron chi connectivity index (χ2n) is 6.68. The molecule has 0 fully saturated rings. The number of aromatic nitrogens is 4. The normalized spacial score (nSPS) is 10.5. The Kier molecular flexibility index (Phi) is 11.4. The van der Waals surface area contributed by atoms with Crippen LogP contribution >= 0.6 is 27.7 Å². The number of thioether (sulfide) groups is 1. The van der Waals surface area contributed by atoms with Gasteiger partial charge in [-0.25, -0.2) is 0 Å². The van der Waals surface area contributed by atoms with Crippen molar-refractivity contribution in [2.75, 3.05) is 25.5 Å². The minimum atomic E-state index is -0.541. The summed E-state index contributed by atoms with van der Waals surface area (Å²) < 4.78 is 13.6. The van der Waals surface area contributed by atoms with E-state index in [0.717, 1.165) is 35.1 Å². The molecule has 3 rings (SSSR count). The van der Waals surface area contributed by atoms with Crippen LogP contribution in [0.5, 0.6) is 11.5 Å². The highest BCUT2D eigenvalue weighted by Gasteiger charge is 2.13. The van der Waals surface area contributed by atoms with Gasteiger partial charge in [-0.2, -0.15) is 4.68 Å². The molecule has 0 radical (unpaired) electrons. The molecule has 0 saturated heterocycles. The number of hydrogen-bond donors (Lipinski definition) is 2. The quantitative estimate of drug-likeness (QED) is 0.223. The van der Waals surface area contributed by atoms with Crippen molar-refractivity contribution in [2.45, 2.75) is 25.0 Å². The van der Waals surface area contributed by atoms with Gasteiger partial charge in [-0.15, -0.1) is 5.10 Å². The Labute approximate surface area is 211 Å². The van der Waals surface area contributed by atoms with Gasteiger partial charge >= 0.3 is 0 Å². The molecular formula is C21H25BrClN6O3S-. The largest absolute Gasteiger partial charge is 1.00 e. The van der Waals surface area contributed by atoms with Crippen LogP contribution < -0.4 is 32.9 Å². The summed E-state index contributed by atoms with van der Waals surface area (Å²) in [6, 6.07) is 13.7. The minimum absolute atomic E-state index is 0. The molecular weight excluding hydrogens is 532 g/mol. The van der Waals surface area contributed by atoms with E-state index in [1.165, 1.54) is 0 Å². The van der Waals surface area contributed by atoms with Crippen molar-refractivity contribution in [1.82, 2.24) is 25.5 Å². The summed E-state index contributed by atoms with van der Waals surface area (Å²) in [7, 11) is 0. The Morgan fingerprint density at radius 2 is 2.03 bits per heavy atom. The summed E-state index contributed by atoms with van der Waals surface area (Å²) in [6.45, 7) is 3.67. The molecule has 0 unspecified atom stereocenters. The summed E-state index contributed by atoms with van der Waals surface area (Å²) in [4.78, 5) is 11.0. The lowest BCUT2D eigenvalue weighted by Crippen LogP contribution is -3.00. The fraction of sp³-hybridized carbons (Fsp3) is 0.333. The summed E-state index contributed by atoms with van der Waals surface area (Å²) in [5.41, 5.74) is 7.15. The first-order chi connectivity index (χ1) is 15.6. The van der Waals surface area contributed by atoms with Gasteiger partial charge < -0.3 is 32.9 Å². The van der Waals surface area contributed by atoms with Crippen molar-refractivity contribution < 1.29 is 26.7 Å². The highest BCUT2D eigenvalue weighted by molar-refractivity contribution is 9.10. The van der Waals surface area contributed by atoms with E-state index in [1.54, 1.807) is 16.4 Å². The lowest BCUT2D eigenvalue weighted by atomic mass is 10.2. The number of nitrogens with one attached hydrogen (secondary N) is 1. The van der Waals surface area contributed by atoms with E-state index in [0.29, 0.717) is 29.1 Å². The summed E-state index contributed by atoms with van der Waals surface area (Å²) in [5, 5.41) is 16.2. The molecule has 0 aliphatic rings. The molecule has 178 valence electrons. The number of amides is 1. The Balaban J connectivity index is 0.00000385. The summed E-state index contributed by atoms with van der Waals surface area (Å²) >= 11 is 5.11. The average molecular weight is 557 g/mol. The highest BCUT2D eigenvalue weighted by Crippen LogP contribution is 2.37. The first-order valence-electron chi connectivity index (χ1n) is 10.1. The van der Waals surface area contributed by atoms with E-state index in [1.807, 2.05) is 49.4 Å². The molecule has 2 aromatic carbocycles. The predicted molar refractivity (Wildman–Crippen MR) is 126 cm³/mol. The van der Waals surface area contributed by atoms with Crippen molar-refractivity contribution >= 4 is 33.6 Å². The van der Waals surface area contributed by atoms with Gasteiger partial charge in [0.1, 0.15) is 0 Å². The summed E-state index contributed by atoms with van der Waals surface area (Å²) in [6.07, 6.45) is 0.950. The molecule has 0 bridgehead atoms. The fourth-order valence-corrected chi connectivity index (χ4v) is 4.30. The number of nitrogens with two attached hydrogens (primary N) is 1. The number of hydrogen-bond acceptors (Lipinski definition) is 8. The van der Waals surface area contributed by atoms with Crippen LogP contribution in [-0.2, 0) is 11.3 Å². The Bertz CT molecular complexity index is 1020. The second-order valence-corrected chi connectivity index (χ2v) is 8.60. The van der Waals surface area contributed by atoms with Crippen LogP contribution in [0, 0.1) is 0 Å². The zero-order valence-corrected chi connectivity index (χ0v) is 21.2. The first kappa shape index (κ1) is 26.9. The number of primary amides is 1. The molecule has 1 aromatic heterocycles. The van der Waals surface area contributed by atoms with Crippen molar-refractivity contribution in [3.05, 3.63) is 52.5 Å². The molecule has 33 heavy (non-hydrogen) atoms. The van der Waals surface area contributed by atoms with Gasteiger partial charge in [0.2, 0.25) is 5.16 Å². The monoisotopic (exact) mass is 555 g/mol. The molecule has 3 N–H and O–H groups in total. The molecule has 0 aliphatic heterocycles. The van der Waals surface area contributed by atoms with Gasteiger partial charge in [-0.05, 0) is 76.1 Å². The van der Waals surface area contributed by atoms with E-state index in [9.17, 15) is 4.79 Å². The number of benzene rings is 2. The zero-order chi connectivity index (χ0) is 22.8. The Hall–Kier alpha value is -2.34. The highest BCUT2D eigenvalue weighted by atomic mass is 79.9. The molecule has 0 atom stereocenters. The van der Waals surface area contributed by atoms with Crippen molar-refractivity contribution in [3.63, 3.8) is 0 Å². The van der Waals surface area contributed by atoms with Crippen molar-refractivity contribution in [1.29, 1.82) is 0 Å². The van der Waals surface area contributed by atoms with Crippen molar-refractivity contribution in [3.8, 4) is 17.2 Å². The molecule has 1 amide bonds. The smallest absolute Gasteiger partial charge is 0.255 e. The number of carbonyl (C=O) groups is 1. The third-order valence-electron chi connectivity index (χ3n) is 4.23. The van der Waals surface area contributed by atoms with Gasteiger partial charge in [-0.3, -0.25) is 4.79 Å². The number of ether oxygens (including phenoxy) is 2. The van der Waals surface area contributed by atoms with Gasteiger partial charge in [0.25, 0.3) is 5.91 Å². The fourth-order valence-electron chi connectivity index (χ4n) is 2.86. The van der Waals surface area contributed by atoms with Gasteiger partial charge in [0.05, 0.1) is 16.8 Å². The Morgan fingerprint density at radius 3 is 2.76 bits per heavy atom. The van der Waals surface area contributed by atoms with Crippen LogP contribution in [0.3, 0.4) is 0 Å². The molecule has 1 heterocycles. The SMILES string of the molecule is CCOc1cc(CNCCCSc2nnnn2-c2ccccc2)cc(Br)c1OCC(N)=O.[Cl-]. The van der Waals surface area contributed by atoms with Crippen LogP contribution in [0.15, 0.2) is 52.1 Å². The topological polar surface area (TPSA) is 117 Å². The lowest BCUT2D eigenvalue weighted by molar-refractivity contribution is -0.120. The number of halogens is 2. The summed E-state index contributed by atoms with van der Waals surface area (Å²) in [5.74, 6) is 1.39.